The van der Waals surface area contributed by atoms with Crippen LogP contribution in [0.2, 0.25) is 0 Å². The largest absolute Gasteiger partial charge is 0.466 e. The smallest absolute Gasteiger partial charge is 0.269 e. The van der Waals surface area contributed by atoms with E-state index in [4.69, 9.17) is 4.42 Å². The molecule has 0 unspecified atom stereocenters. The van der Waals surface area contributed by atoms with Crippen molar-refractivity contribution in [1.29, 1.82) is 0 Å². The Hall–Kier alpha value is -2.43. The summed E-state index contributed by atoms with van der Waals surface area (Å²) in [7, 11) is 0. The fourth-order valence-corrected chi connectivity index (χ4v) is 1.70. The molecule has 0 aliphatic carbocycles. The van der Waals surface area contributed by atoms with Gasteiger partial charge in [-0.2, -0.15) is 0 Å². The maximum atomic E-state index is 10.5. The molecular formula is C13H13N2O3+. The van der Waals surface area contributed by atoms with Gasteiger partial charge in [-0.3, -0.25) is 10.1 Å². The van der Waals surface area contributed by atoms with E-state index < -0.39 is 4.92 Å². The van der Waals surface area contributed by atoms with E-state index in [-0.39, 0.29) is 5.69 Å². The molecule has 0 fully saturated rings. The number of non-ortho nitro benzene ring substituents is 1. The van der Waals surface area contributed by atoms with Crippen molar-refractivity contribution in [2.45, 2.75) is 13.8 Å². The fourth-order valence-electron chi connectivity index (χ4n) is 1.70. The summed E-state index contributed by atoms with van der Waals surface area (Å²) in [5.41, 5.74) is 0.876. The van der Waals surface area contributed by atoms with E-state index in [1.807, 2.05) is 26.0 Å². The number of nitro groups is 1. The SMILES string of the molecule is Cc1cc(=[NH+]c2ccc([N+](=O)[O-])cc2)cc(C)o1. The Balaban J connectivity index is 2.40. The van der Waals surface area contributed by atoms with E-state index in [0.29, 0.717) is 0 Å². The van der Waals surface area contributed by atoms with Gasteiger partial charge in [0.1, 0.15) is 11.5 Å². The van der Waals surface area contributed by atoms with Gasteiger partial charge in [-0.05, 0) is 13.8 Å². The maximum Gasteiger partial charge on any atom is 0.269 e. The lowest BCUT2D eigenvalue weighted by atomic mass is 10.3. The first kappa shape index (κ1) is 12.0. The molecule has 1 aromatic heterocycles. The van der Waals surface area contributed by atoms with Crippen LogP contribution in [0.5, 0.6) is 0 Å². The Labute approximate surface area is 104 Å². The predicted octanol–water partition coefficient (Wildman–Crippen LogP) is 1.12. The molecule has 0 bridgehead atoms. The van der Waals surface area contributed by atoms with Crippen LogP contribution in [0.15, 0.2) is 40.8 Å². The van der Waals surface area contributed by atoms with E-state index >= 15 is 0 Å². The first-order valence-corrected chi connectivity index (χ1v) is 5.47. The quantitative estimate of drug-likeness (QED) is 0.636. The molecule has 1 N–H and O–H groups in total. The number of rotatable bonds is 2. The lowest BCUT2D eigenvalue weighted by Crippen LogP contribution is -2.70. The molecule has 1 aromatic carbocycles. The second-order valence-corrected chi connectivity index (χ2v) is 4.00. The zero-order valence-electron chi connectivity index (χ0n) is 10.1. The van der Waals surface area contributed by atoms with Crippen molar-refractivity contribution < 1.29 is 14.3 Å². The molecule has 0 aliphatic heterocycles. The number of nitrogens with one attached hydrogen (secondary N) is 1. The lowest BCUT2D eigenvalue weighted by Gasteiger charge is -1.93. The third kappa shape index (κ3) is 2.82. The molecule has 18 heavy (non-hydrogen) atoms. The van der Waals surface area contributed by atoms with E-state index in [0.717, 1.165) is 22.6 Å². The van der Waals surface area contributed by atoms with Crippen LogP contribution in [-0.2, 0) is 0 Å². The van der Waals surface area contributed by atoms with Crippen LogP contribution in [0.3, 0.4) is 0 Å². The van der Waals surface area contributed by atoms with E-state index in [1.54, 1.807) is 12.1 Å². The molecule has 2 aromatic rings. The second kappa shape index (κ2) is 4.83. The van der Waals surface area contributed by atoms with Gasteiger partial charge < -0.3 is 4.42 Å². The number of nitro benzene ring substituents is 1. The average molecular weight is 245 g/mol. The minimum absolute atomic E-state index is 0.0796. The van der Waals surface area contributed by atoms with Gasteiger partial charge in [0.05, 0.1) is 4.92 Å². The minimum atomic E-state index is -0.417. The summed E-state index contributed by atoms with van der Waals surface area (Å²) in [6.07, 6.45) is 0. The van der Waals surface area contributed by atoms with Crippen molar-refractivity contribution >= 4 is 11.4 Å². The molecule has 0 saturated carbocycles. The molecule has 5 nitrogen and oxygen atoms in total. The Kier molecular flexibility index (Phi) is 3.23. The zero-order chi connectivity index (χ0) is 13.1. The van der Waals surface area contributed by atoms with Crippen molar-refractivity contribution in [2.24, 2.45) is 0 Å². The molecular weight excluding hydrogens is 232 g/mol. The highest BCUT2D eigenvalue weighted by molar-refractivity contribution is 5.39. The molecule has 2 rings (SSSR count). The Morgan fingerprint density at radius 3 is 2.17 bits per heavy atom. The molecule has 1 heterocycles. The van der Waals surface area contributed by atoms with Crippen molar-refractivity contribution in [3.8, 4) is 0 Å². The lowest BCUT2D eigenvalue weighted by molar-refractivity contribution is -0.403. The van der Waals surface area contributed by atoms with Crippen molar-refractivity contribution in [2.75, 3.05) is 0 Å². The molecule has 0 aliphatic rings. The highest BCUT2D eigenvalue weighted by Crippen LogP contribution is 2.11. The molecule has 0 saturated heterocycles. The van der Waals surface area contributed by atoms with Gasteiger partial charge in [0, 0.05) is 36.4 Å². The molecule has 92 valence electrons. The van der Waals surface area contributed by atoms with Gasteiger partial charge in [0.2, 0.25) is 11.0 Å². The first-order valence-electron chi connectivity index (χ1n) is 5.47. The number of hydrogen-bond donors (Lipinski definition) is 1. The van der Waals surface area contributed by atoms with E-state index in [1.165, 1.54) is 12.1 Å². The van der Waals surface area contributed by atoms with Gasteiger partial charge in [-0.25, -0.2) is 4.99 Å². The third-order valence-electron chi connectivity index (χ3n) is 2.41. The predicted molar refractivity (Wildman–Crippen MR) is 65.0 cm³/mol. The number of aryl methyl sites for hydroxylation is 2. The topological polar surface area (TPSA) is 70.2 Å². The Bertz CT molecular complexity index is 619. The van der Waals surface area contributed by atoms with Gasteiger partial charge in [-0.1, -0.05) is 0 Å². The van der Waals surface area contributed by atoms with Gasteiger partial charge in [0.15, 0.2) is 0 Å². The summed E-state index contributed by atoms with van der Waals surface area (Å²) in [5.74, 6) is 1.61. The third-order valence-corrected chi connectivity index (χ3v) is 2.41. The highest BCUT2D eigenvalue weighted by Gasteiger charge is 2.05. The second-order valence-electron chi connectivity index (χ2n) is 4.00. The minimum Gasteiger partial charge on any atom is -0.466 e. The summed E-state index contributed by atoms with van der Waals surface area (Å²) in [6, 6.07) is 10.0. The normalized spacial score (nSPS) is 10.1. The monoisotopic (exact) mass is 245 g/mol. The van der Waals surface area contributed by atoms with Crippen LogP contribution in [0.25, 0.3) is 0 Å². The summed E-state index contributed by atoms with van der Waals surface area (Å²) in [4.78, 5) is 13.3. The van der Waals surface area contributed by atoms with Gasteiger partial charge in [-0.15, -0.1) is 0 Å². The molecule has 0 amide bonds. The first-order chi connectivity index (χ1) is 8.54. The van der Waals surface area contributed by atoms with Gasteiger partial charge >= 0.3 is 0 Å². The number of hydrogen-bond acceptors (Lipinski definition) is 3. The standard InChI is InChI=1S/C13H12N2O3/c1-9-7-12(8-10(2)18-9)14-11-3-5-13(6-4-11)15(16)17/h3-8H,1-2H3/p+1. The summed E-state index contributed by atoms with van der Waals surface area (Å²) in [5, 5.41) is 11.4. The van der Waals surface area contributed by atoms with Crippen molar-refractivity contribution in [3.05, 3.63) is 63.4 Å². The average Bonchev–Trinajstić information content (AvgIpc) is 2.28. The van der Waals surface area contributed by atoms with Crippen molar-refractivity contribution in [1.82, 2.24) is 0 Å². The van der Waals surface area contributed by atoms with Crippen LogP contribution in [-0.4, -0.2) is 4.92 Å². The van der Waals surface area contributed by atoms with Crippen LogP contribution >= 0.6 is 0 Å². The van der Waals surface area contributed by atoms with Gasteiger partial charge in [0.25, 0.3) is 5.69 Å². The van der Waals surface area contributed by atoms with Crippen LogP contribution in [0.4, 0.5) is 11.4 Å². The summed E-state index contributed by atoms with van der Waals surface area (Å²) < 4.78 is 5.38. The molecule has 0 radical (unpaired) electrons. The van der Waals surface area contributed by atoms with E-state index in [9.17, 15) is 10.1 Å². The van der Waals surface area contributed by atoms with E-state index in [2.05, 4.69) is 4.99 Å². The Morgan fingerprint density at radius 1 is 1.11 bits per heavy atom. The summed E-state index contributed by atoms with van der Waals surface area (Å²) in [6.45, 7) is 3.74. The summed E-state index contributed by atoms with van der Waals surface area (Å²) >= 11 is 0. The van der Waals surface area contributed by atoms with Crippen LogP contribution in [0, 0.1) is 24.0 Å². The zero-order valence-corrected chi connectivity index (χ0v) is 10.1. The van der Waals surface area contributed by atoms with Crippen LogP contribution < -0.4 is 10.3 Å². The highest BCUT2D eigenvalue weighted by atomic mass is 16.6. The molecule has 0 atom stereocenters. The fraction of sp³-hybridized carbons (Fsp3) is 0.154. The number of benzene rings is 1. The molecule has 0 spiro atoms. The Morgan fingerprint density at radius 2 is 1.67 bits per heavy atom. The maximum absolute atomic E-state index is 10.5. The van der Waals surface area contributed by atoms with Crippen LogP contribution in [0.1, 0.15) is 11.5 Å². The molecule has 5 heteroatoms. The van der Waals surface area contributed by atoms with Crippen molar-refractivity contribution in [3.63, 3.8) is 0 Å². The number of nitrogens with zero attached hydrogens (tertiary/aromatic N) is 1.